The molecular formula is C20H26N2O. The Morgan fingerprint density at radius 2 is 1.74 bits per heavy atom. The number of benzene rings is 2. The maximum atomic E-state index is 11.9. The molecule has 0 fully saturated rings. The molecule has 0 aliphatic heterocycles. The van der Waals surface area contributed by atoms with Crippen LogP contribution in [0, 0.1) is 13.8 Å². The van der Waals surface area contributed by atoms with Gasteiger partial charge in [0.05, 0.1) is 0 Å². The van der Waals surface area contributed by atoms with Gasteiger partial charge in [0.15, 0.2) is 0 Å². The topological polar surface area (TPSA) is 41.1 Å². The summed E-state index contributed by atoms with van der Waals surface area (Å²) in [6.07, 6.45) is 2.66. The monoisotopic (exact) mass is 310 g/mol. The Morgan fingerprint density at radius 1 is 0.957 bits per heavy atom. The molecule has 2 rings (SSSR count). The number of nitrogens with one attached hydrogen (secondary N) is 2. The summed E-state index contributed by atoms with van der Waals surface area (Å²) < 4.78 is 0. The van der Waals surface area contributed by atoms with Crippen LogP contribution in [0.1, 0.15) is 29.5 Å². The molecule has 2 aromatic carbocycles. The van der Waals surface area contributed by atoms with Crippen molar-refractivity contribution in [3.8, 4) is 0 Å². The summed E-state index contributed by atoms with van der Waals surface area (Å²) in [5, 5.41) is 6.28. The van der Waals surface area contributed by atoms with Crippen LogP contribution in [0.2, 0.25) is 0 Å². The van der Waals surface area contributed by atoms with Crippen molar-refractivity contribution in [3.63, 3.8) is 0 Å². The second-order valence-electron chi connectivity index (χ2n) is 5.94. The van der Waals surface area contributed by atoms with Gasteiger partial charge in [-0.3, -0.25) is 4.79 Å². The molecule has 0 bridgehead atoms. The summed E-state index contributed by atoms with van der Waals surface area (Å²) in [6.45, 7) is 5.77. The van der Waals surface area contributed by atoms with E-state index in [1.165, 1.54) is 16.7 Å². The van der Waals surface area contributed by atoms with Crippen molar-refractivity contribution < 1.29 is 4.79 Å². The maximum Gasteiger partial charge on any atom is 0.225 e. The molecule has 0 saturated heterocycles. The summed E-state index contributed by atoms with van der Waals surface area (Å²) in [4.78, 5) is 11.9. The second-order valence-corrected chi connectivity index (χ2v) is 5.94. The summed E-state index contributed by atoms with van der Waals surface area (Å²) in [5.74, 6) is 0.0591. The highest BCUT2D eigenvalue weighted by molar-refractivity contribution is 5.90. The highest BCUT2D eigenvalue weighted by atomic mass is 16.1. The Morgan fingerprint density at radius 3 is 2.48 bits per heavy atom. The number of amides is 1. The fourth-order valence-corrected chi connectivity index (χ4v) is 2.43. The Hall–Kier alpha value is -2.13. The van der Waals surface area contributed by atoms with Crippen molar-refractivity contribution in [3.05, 3.63) is 65.2 Å². The number of carbonyl (C=O) groups is 1. The van der Waals surface area contributed by atoms with Crippen molar-refractivity contribution in [2.45, 2.75) is 33.1 Å². The van der Waals surface area contributed by atoms with E-state index in [1.807, 2.05) is 24.3 Å². The van der Waals surface area contributed by atoms with E-state index < -0.39 is 0 Å². The van der Waals surface area contributed by atoms with Crippen LogP contribution in [0.5, 0.6) is 0 Å². The van der Waals surface area contributed by atoms with Crippen molar-refractivity contribution in [1.29, 1.82) is 0 Å². The first-order valence-corrected chi connectivity index (χ1v) is 8.27. The van der Waals surface area contributed by atoms with Gasteiger partial charge in [-0.25, -0.2) is 0 Å². The lowest BCUT2D eigenvalue weighted by Gasteiger charge is -2.08. The summed E-state index contributed by atoms with van der Waals surface area (Å²) >= 11 is 0. The third-order valence-corrected chi connectivity index (χ3v) is 3.98. The van der Waals surface area contributed by atoms with Crippen molar-refractivity contribution >= 4 is 11.6 Å². The largest absolute Gasteiger partial charge is 0.326 e. The maximum absolute atomic E-state index is 11.9. The minimum absolute atomic E-state index is 0.0591. The Balaban J connectivity index is 1.58. The molecule has 1 amide bonds. The molecule has 122 valence electrons. The minimum atomic E-state index is 0.0591. The third kappa shape index (κ3) is 6.25. The first kappa shape index (κ1) is 17.2. The lowest BCUT2D eigenvalue weighted by Crippen LogP contribution is -2.23. The molecule has 0 radical (unpaired) electrons. The fourth-order valence-electron chi connectivity index (χ4n) is 2.43. The van der Waals surface area contributed by atoms with E-state index in [4.69, 9.17) is 0 Å². The van der Waals surface area contributed by atoms with Gasteiger partial charge in [0, 0.05) is 18.7 Å². The van der Waals surface area contributed by atoms with E-state index in [0.29, 0.717) is 13.0 Å². The van der Waals surface area contributed by atoms with E-state index in [9.17, 15) is 4.79 Å². The number of anilines is 1. The molecule has 2 aromatic rings. The lowest BCUT2D eigenvalue weighted by molar-refractivity contribution is -0.116. The van der Waals surface area contributed by atoms with Crippen LogP contribution < -0.4 is 10.6 Å². The van der Waals surface area contributed by atoms with Gasteiger partial charge in [0.2, 0.25) is 5.91 Å². The Kier molecular flexibility index (Phi) is 6.82. The van der Waals surface area contributed by atoms with Gasteiger partial charge < -0.3 is 10.6 Å². The van der Waals surface area contributed by atoms with Gasteiger partial charge in [-0.1, -0.05) is 36.4 Å². The van der Waals surface area contributed by atoms with Crippen LogP contribution in [0.3, 0.4) is 0 Å². The molecule has 0 unspecified atom stereocenters. The van der Waals surface area contributed by atoms with E-state index in [2.05, 4.69) is 48.7 Å². The van der Waals surface area contributed by atoms with Crippen LogP contribution >= 0.6 is 0 Å². The molecule has 3 heteroatoms. The molecular weight excluding hydrogens is 284 g/mol. The molecule has 0 spiro atoms. The third-order valence-electron chi connectivity index (χ3n) is 3.98. The molecule has 0 aromatic heterocycles. The zero-order chi connectivity index (χ0) is 16.5. The average Bonchev–Trinajstić information content (AvgIpc) is 2.55. The summed E-state index contributed by atoms with van der Waals surface area (Å²) in [5.41, 5.74) is 4.67. The number of hydrogen-bond acceptors (Lipinski definition) is 2. The summed E-state index contributed by atoms with van der Waals surface area (Å²) in [6, 6.07) is 16.5. The molecule has 0 aliphatic carbocycles. The molecule has 2 N–H and O–H groups in total. The van der Waals surface area contributed by atoms with E-state index in [0.717, 1.165) is 25.1 Å². The van der Waals surface area contributed by atoms with Gasteiger partial charge in [0.1, 0.15) is 0 Å². The fraction of sp³-hybridized carbons (Fsp3) is 0.350. The second kappa shape index (κ2) is 9.11. The number of aryl methyl sites for hydroxylation is 3. The van der Waals surface area contributed by atoms with E-state index in [1.54, 1.807) is 0 Å². The smallest absolute Gasteiger partial charge is 0.225 e. The lowest BCUT2D eigenvalue weighted by atomic mass is 10.1. The Bertz CT molecular complexity index is 623. The standard InChI is InChI=1S/C20H26N2O/c1-16-10-11-19(15-17(16)2)22-20(23)12-14-21-13-6-9-18-7-4-3-5-8-18/h3-5,7-8,10-11,15,21H,6,9,12-14H2,1-2H3,(H,22,23). The predicted octanol–water partition coefficient (Wildman–Crippen LogP) is 3.85. The molecule has 23 heavy (non-hydrogen) atoms. The average molecular weight is 310 g/mol. The number of rotatable bonds is 8. The Labute approximate surface area is 139 Å². The van der Waals surface area contributed by atoms with Crippen LogP contribution in [-0.4, -0.2) is 19.0 Å². The highest BCUT2D eigenvalue weighted by Crippen LogP contribution is 2.14. The highest BCUT2D eigenvalue weighted by Gasteiger charge is 2.03. The van der Waals surface area contributed by atoms with Gasteiger partial charge in [-0.05, 0) is 62.1 Å². The zero-order valence-corrected chi connectivity index (χ0v) is 14.1. The SMILES string of the molecule is Cc1ccc(NC(=O)CCNCCCc2ccccc2)cc1C. The van der Waals surface area contributed by atoms with Crippen LogP contribution in [-0.2, 0) is 11.2 Å². The van der Waals surface area contributed by atoms with Gasteiger partial charge >= 0.3 is 0 Å². The first-order valence-electron chi connectivity index (χ1n) is 8.27. The first-order chi connectivity index (χ1) is 11.1. The molecule has 0 atom stereocenters. The molecule has 0 heterocycles. The van der Waals surface area contributed by atoms with Gasteiger partial charge in [0.25, 0.3) is 0 Å². The van der Waals surface area contributed by atoms with Crippen molar-refractivity contribution in [1.82, 2.24) is 5.32 Å². The van der Waals surface area contributed by atoms with Crippen molar-refractivity contribution in [2.75, 3.05) is 18.4 Å². The molecule has 0 saturated carbocycles. The van der Waals surface area contributed by atoms with E-state index >= 15 is 0 Å². The van der Waals surface area contributed by atoms with Crippen LogP contribution in [0.15, 0.2) is 48.5 Å². The molecule has 0 aliphatic rings. The van der Waals surface area contributed by atoms with Crippen LogP contribution in [0.4, 0.5) is 5.69 Å². The number of carbonyl (C=O) groups excluding carboxylic acids is 1. The predicted molar refractivity (Wildman–Crippen MR) is 96.8 cm³/mol. The minimum Gasteiger partial charge on any atom is -0.326 e. The zero-order valence-electron chi connectivity index (χ0n) is 14.1. The number of hydrogen-bond donors (Lipinski definition) is 2. The van der Waals surface area contributed by atoms with Gasteiger partial charge in [-0.15, -0.1) is 0 Å². The quantitative estimate of drug-likeness (QED) is 0.727. The van der Waals surface area contributed by atoms with Crippen LogP contribution in [0.25, 0.3) is 0 Å². The van der Waals surface area contributed by atoms with Crippen molar-refractivity contribution in [2.24, 2.45) is 0 Å². The van der Waals surface area contributed by atoms with E-state index in [-0.39, 0.29) is 5.91 Å². The van der Waals surface area contributed by atoms with Gasteiger partial charge in [-0.2, -0.15) is 0 Å². The molecule has 3 nitrogen and oxygen atoms in total. The normalized spacial score (nSPS) is 10.5. The summed E-state index contributed by atoms with van der Waals surface area (Å²) in [7, 11) is 0.